The highest BCUT2D eigenvalue weighted by Crippen LogP contribution is 2.26. The molecule has 1 N–H and O–H groups in total. The molecule has 0 saturated carbocycles. The first-order chi connectivity index (χ1) is 13.7. The van der Waals surface area contributed by atoms with Gasteiger partial charge in [-0.15, -0.1) is 0 Å². The van der Waals surface area contributed by atoms with Crippen LogP contribution in [-0.4, -0.2) is 25.7 Å². The molecule has 0 heterocycles. The van der Waals surface area contributed by atoms with Gasteiger partial charge >= 0.3 is 0 Å². The van der Waals surface area contributed by atoms with Crippen molar-refractivity contribution in [1.82, 2.24) is 5.32 Å². The molecule has 1 atom stereocenters. The Bertz CT molecular complexity index is 787. The molecule has 28 heavy (non-hydrogen) atoms. The van der Waals surface area contributed by atoms with Crippen molar-refractivity contribution < 1.29 is 14.3 Å². The van der Waals surface area contributed by atoms with Gasteiger partial charge in [0.15, 0.2) is 6.10 Å². The van der Waals surface area contributed by atoms with E-state index in [9.17, 15) is 4.79 Å². The van der Waals surface area contributed by atoms with Gasteiger partial charge in [-0.2, -0.15) is 0 Å². The molecule has 0 bridgehead atoms. The van der Waals surface area contributed by atoms with E-state index in [1.807, 2.05) is 31.2 Å². The van der Waals surface area contributed by atoms with Crippen LogP contribution < -0.4 is 14.8 Å². The Balaban J connectivity index is 1.47. The Morgan fingerprint density at radius 1 is 1.07 bits per heavy atom. The molecular formula is C24H31NO3. The predicted molar refractivity (Wildman–Crippen MR) is 112 cm³/mol. The van der Waals surface area contributed by atoms with Crippen LogP contribution in [0.25, 0.3) is 0 Å². The van der Waals surface area contributed by atoms with Gasteiger partial charge in [-0.05, 0) is 85.9 Å². The van der Waals surface area contributed by atoms with Crippen molar-refractivity contribution in [3.63, 3.8) is 0 Å². The predicted octanol–water partition coefficient (Wildman–Crippen LogP) is 4.48. The van der Waals surface area contributed by atoms with E-state index in [0.29, 0.717) is 13.0 Å². The largest absolute Gasteiger partial charge is 0.497 e. The highest BCUT2D eigenvalue weighted by atomic mass is 16.5. The lowest BCUT2D eigenvalue weighted by Crippen LogP contribution is -2.38. The van der Waals surface area contributed by atoms with Gasteiger partial charge in [-0.1, -0.05) is 25.1 Å². The molecule has 150 valence electrons. The number of nitrogens with one attached hydrogen (secondary N) is 1. The molecule has 1 aliphatic carbocycles. The van der Waals surface area contributed by atoms with Gasteiger partial charge in [0.1, 0.15) is 11.5 Å². The number of amides is 1. The Labute approximate surface area is 168 Å². The van der Waals surface area contributed by atoms with Crippen LogP contribution in [0.5, 0.6) is 11.5 Å². The molecule has 0 spiro atoms. The molecule has 0 aromatic heterocycles. The Kier molecular flexibility index (Phi) is 7.35. The standard InChI is InChI=1S/C24H31NO3/c1-3-23(28-22-14-13-19-10-4-5-11-20(19)17-22)24(26)25-15-7-9-18-8-6-12-21(16-18)27-2/h6,8,12-14,16-17,23H,3-5,7,9-11,15H2,1-2H3,(H,25,26). The molecule has 0 fully saturated rings. The molecule has 0 aliphatic heterocycles. The number of rotatable bonds is 9. The van der Waals surface area contributed by atoms with E-state index in [0.717, 1.165) is 37.2 Å². The highest BCUT2D eigenvalue weighted by molar-refractivity contribution is 5.81. The molecule has 4 heteroatoms. The zero-order chi connectivity index (χ0) is 19.8. The Morgan fingerprint density at radius 3 is 2.68 bits per heavy atom. The normalized spacial score (nSPS) is 14.1. The number of hydrogen-bond donors (Lipinski definition) is 1. The van der Waals surface area contributed by atoms with E-state index >= 15 is 0 Å². The van der Waals surface area contributed by atoms with Gasteiger partial charge in [-0.25, -0.2) is 0 Å². The quantitative estimate of drug-likeness (QED) is 0.652. The Morgan fingerprint density at radius 2 is 1.89 bits per heavy atom. The van der Waals surface area contributed by atoms with Crippen molar-refractivity contribution in [3.8, 4) is 11.5 Å². The summed E-state index contributed by atoms with van der Waals surface area (Å²) in [7, 11) is 1.67. The van der Waals surface area contributed by atoms with Crippen LogP contribution in [0.15, 0.2) is 42.5 Å². The maximum atomic E-state index is 12.5. The minimum atomic E-state index is -0.446. The molecule has 4 nitrogen and oxygen atoms in total. The van der Waals surface area contributed by atoms with Crippen molar-refractivity contribution in [3.05, 3.63) is 59.2 Å². The van der Waals surface area contributed by atoms with Gasteiger partial charge in [0.05, 0.1) is 7.11 Å². The number of ether oxygens (including phenoxy) is 2. The zero-order valence-corrected chi connectivity index (χ0v) is 17.0. The zero-order valence-electron chi connectivity index (χ0n) is 17.0. The number of aryl methyl sites for hydroxylation is 3. The van der Waals surface area contributed by atoms with Crippen molar-refractivity contribution in [2.24, 2.45) is 0 Å². The van der Waals surface area contributed by atoms with Crippen LogP contribution in [-0.2, 0) is 24.1 Å². The number of carbonyl (C=O) groups is 1. The third-order valence-electron chi connectivity index (χ3n) is 5.34. The van der Waals surface area contributed by atoms with Gasteiger partial charge in [0.25, 0.3) is 5.91 Å². The lowest BCUT2D eigenvalue weighted by atomic mass is 9.92. The minimum Gasteiger partial charge on any atom is -0.497 e. The summed E-state index contributed by atoms with van der Waals surface area (Å²) in [5.41, 5.74) is 4.01. The Hall–Kier alpha value is -2.49. The summed E-state index contributed by atoms with van der Waals surface area (Å²) in [6.45, 7) is 2.62. The van der Waals surface area contributed by atoms with Crippen molar-refractivity contribution >= 4 is 5.91 Å². The summed E-state index contributed by atoms with van der Waals surface area (Å²) in [5.74, 6) is 1.64. The summed E-state index contributed by atoms with van der Waals surface area (Å²) < 4.78 is 11.3. The first-order valence-electron chi connectivity index (χ1n) is 10.4. The fourth-order valence-electron chi connectivity index (χ4n) is 3.72. The maximum Gasteiger partial charge on any atom is 0.261 e. The fraction of sp³-hybridized carbons (Fsp3) is 0.458. The van der Waals surface area contributed by atoms with Crippen LogP contribution in [0.2, 0.25) is 0 Å². The molecule has 0 radical (unpaired) electrons. The van der Waals surface area contributed by atoms with Crippen molar-refractivity contribution in [2.75, 3.05) is 13.7 Å². The van der Waals surface area contributed by atoms with Crippen LogP contribution >= 0.6 is 0 Å². The van der Waals surface area contributed by atoms with Gasteiger partial charge in [-0.3, -0.25) is 4.79 Å². The summed E-state index contributed by atoms with van der Waals surface area (Å²) in [5, 5.41) is 3.02. The fourth-order valence-corrected chi connectivity index (χ4v) is 3.72. The van der Waals surface area contributed by atoms with Crippen LogP contribution in [0.4, 0.5) is 0 Å². The first-order valence-corrected chi connectivity index (χ1v) is 10.4. The highest BCUT2D eigenvalue weighted by Gasteiger charge is 2.19. The molecule has 1 unspecified atom stereocenters. The number of carbonyl (C=O) groups excluding carboxylic acids is 1. The molecule has 2 aromatic carbocycles. The molecule has 2 aromatic rings. The molecular weight excluding hydrogens is 350 g/mol. The van der Waals surface area contributed by atoms with E-state index in [4.69, 9.17) is 9.47 Å². The van der Waals surface area contributed by atoms with E-state index in [1.54, 1.807) is 7.11 Å². The van der Waals surface area contributed by atoms with Crippen molar-refractivity contribution in [2.45, 2.75) is 58.0 Å². The van der Waals surface area contributed by atoms with E-state index in [-0.39, 0.29) is 5.91 Å². The molecule has 3 rings (SSSR count). The SMILES string of the molecule is CCC(Oc1ccc2c(c1)CCCC2)C(=O)NCCCc1cccc(OC)c1. The average Bonchev–Trinajstić information content (AvgIpc) is 2.75. The second-order valence-electron chi connectivity index (χ2n) is 7.40. The number of benzene rings is 2. The maximum absolute atomic E-state index is 12.5. The van der Waals surface area contributed by atoms with Gasteiger partial charge in [0, 0.05) is 6.54 Å². The number of fused-ring (bicyclic) bond motifs is 1. The van der Waals surface area contributed by atoms with Crippen LogP contribution in [0.3, 0.4) is 0 Å². The third kappa shape index (κ3) is 5.51. The first kappa shape index (κ1) is 20.2. The summed E-state index contributed by atoms with van der Waals surface area (Å²) >= 11 is 0. The smallest absolute Gasteiger partial charge is 0.261 e. The van der Waals surface area contributed by atoms with E-state index in [1.165, 1.54) is 29.5 Å². The summed E-state index contributed by atoms with van der Waals surface area (Å²) in [4.78, 5) is 12.5. The molecule has 0 saturated heterocycles. The topological polar surface area (TPSA) is 47.6 Å². The summed E-state index contributed by atoms with van der Waals surface area (Å²) in [6.07, 6.45) is 6.76. The minimum absolute atomic E-state index is 0.0362. The van der Waals surface area contributed by atoms with Crippen molar-refractivity contribution in [1.29, 1.82) is 0 Å². The van der Waals surface area contributed by atoms with Crippen LogP contribution in [0, 0.1) is 0 Å². The third-order valence-corrected chi connectivity index (χ3v) is 5.34. The number of hydrogen-bond acceptors (Lipinski definition) is 3. The van der Waals surface area contributed by atoms with E-state index < -0.39 is 6.10 Å². The second-order valence-corrected chi connectivity index (χ2v) is 7.40. The monoisotopic (exact) mass is 381 g/mol. The average molecular weight is 382 g/mol. The molecule has 1 amide bonds. The van der Waals surface area contributed by atoms with Gasteiger partial charge in [0.2, 0.25) is 0 Å². The number of methoxy groups -OCH3 is 1. The lowest BCUT2D eigenvalue weighted by molar-refractivity contribution is -0.128. The molecule has 1 aliphatic rings. The lowest BCUT2D eigenvalue weighted by Gasteiger charge is -2.20. The second kappa shape index (κ2) is 10.2. The van der Waals surface area contributed by atoms with E-state index in [2.05, 4.69) is 23.5 Å². The van der Waals surface area contributed by atoms with Crippen LogP contribution in [0.1, 0.15) is 49.3 Å². The summed E-state index contributed by atoms with van der Waals surface area (Å²) in [6, 6.07) is 14.3. The van der Waals surface area contributed by atoms with Gasteiger partial charge < -0.3 is 14.8 Å².